The second-order valence-electron chi connectivity index (χ2n) is 9.84. The van der Waals surface area contributed by atoms with Gasteiger partial charge in [0.05, 0.1) is 13.1 Å². The molecule has 40 heavy (non-hydrogen) atoms. The smallest absolute Gasteiger partial charge is 0.332 e. The van der Waals surface area contributed by atoms with Crippen LogP contribution in [0.3, 0.4) is 0 Å². The van der Waals surface area contributed by atoms with Gasteiger partial charge in [0.1, 0.15) is 12.2 Å². The number of halogens is 3. The number of hydrogen-bond donors (Lipinski definition) is 1. The van der Waals surface area contributed by atoms with Crippen LogP contribution in [0.2, 0.25) is 0 Å². The molecule has 8 nitrogen and oxygen atoms in total. The van der Waals surface area contributed by atoms with Crippen molar-refractivity contribution in [1.29, 1.82) is 0 Å². The van der Waals surface area contributed by atoms with Gasteiger partial charge in [-0.3, -0.25) is 14.6 Å². The summed E-state index contributed by atoms with van der Waals surface area (Å²) in [6.07, 6.45) is -0.496. The lowest BCUT2D eigenvalue weighted by atomic mass is 10.00. The second kappa shape index (κ2) is 11.4. The molecule has 2 atom stereocenters. The van der Waals surface area contributed by atoms with E-state index in [1.807, 2.05) is 60.7 Å². The molecule has 208 valence electrons. The van der Waals surface area contributed by atoms with Gasteiger partial charge in [-0.1, -0.05) is 60.7 Å². The fourth-order valence-corrected chi connectivity index (χ4v) is 5.21. The standard InChI is InChI=1S/C29H28F3N5O3/c1-34(29(40)33-15-20-10-6-3-7-11-20)36-18-26(38)37-24(14-19-8-4-2-5-9-19)28(39)35(17-25(36)37)16-21-12-22(30)27(32)23(31)13-21/h2-13,24-25H,14-18H2,1H3,(H,33,40)/t24-,25+/m0/s1. The van der Waals surface area contributed by atoms with Gasteiger partial charge < -0.3 is 15.1 Å². The summed E-state index contributed by atoms with van der Waals surface area (Å²) in [6.45, 7) is -0.0728. The molecular weight excluding hydrogens is 523 g/mol. The van der Waals surface area contributed by atoms with E-state index < -0.39 is 41.6 Å². The Morgan fingerprint density at radius 2 is 1.52 bits per heavy atom. The number of benzene rings is 3. The molecule has 2 aliphatic rings. The van der Waals surface area contributed by atoms with Gasteiger partial charge in [-0.2, -0.15) is 5.01 Å². The van der Waals surface area contributed by atoms with Crippen molar-refractivity contribution in [3.63, 3.8) is 0 Å². The maximum Gasteiger partial charge on any atom is 0.332 e. The Morgan fingerprint density at radius 1 is 0.925 bits per heavy atom. The van der Waals surface area contributed by atoms with E-state index in [1.165, 1.54) is 21.9 Å². The first-order chi connectivity index (χ1) is 19.2. The van der Waals surface area contributed by atoms with Crippen LogP contribution in [0.4, 0.5) is 18.0 Å². The molecule has 0 saturated carbocycles. The summed E-state index contributed by atoms with van der Waals surface area (Å²) in [7, 11) is 1.54. The molecule has 3 aromatic carbocycles. The summed E-state index contributed by atoms with van der Waals surface area (Å²) < 4.78 is 41.4. The van der Waals surface area contributed by atoms with Crippen molar-refractivity contribution in [2.45, 2.75) is 31.7 Å². The SMILES string of the molecule is CN(C(=O)NCc1ccccc1)N1CC(=O)N2[C@@H](Cc3ccccc3)C(=O)N(Cc3cc(F)c(F)c(F)c3)C[C@@H]21. The maximum atomic E-state index is 13.9. The van der Waals surface area contributed by atoms with Crippen molar-refractivity contribution in [3.05, 3.63) is 107 Å². The van der Waals surface area contributed by atoms with Gasteiger partial charge in [0, 0.05) is 26.6 Å². The third kappa shape index (κ3) is 5.50. The fraction of sp³-hybridized carbons (Fsp3) is 0.276. The summed E-state index contributed by atoms with van der Waals surface area (Å²) in [6, 6.07) is 18.9. The van der Waals surface area contributed by atoms with Crippen LogP contribution in [0.1, 0.15) is 16.7 Å². The molecule has 2 aliphatic heterocycles. The summed E-state index contributed by atoms with van der Waals surface area (Å²) >= 11 is 0. The molecule has 0 aromatic heterocycles. The monoisotopic (exact) mass is 551 g/mol. The van der Waals surface area contributed by atoms with E-state index in [-0.39, 0.29) is 44.1 Å². The van der Waals surface area contributed by atoms with Crippen molar-refractivity contribution in [2.24, 2.45) is 0 Å². The number of amides is 4. The number of nitrogens with one attached hydrogen (secondary N) is 1. The highest BCUT2D eigenvalue weighted by Gasteiger charge is 2.51. The average Bonchev–Trinajstić information content (AvgIpc) is 3.28. The van der Waals surface area contributed by atoms with Crippen LogP contribution >= 0.6 is 0 Å². The number of hydrazine groups is 1. The van der Waals surface area contributed by atoms with Crippen LogP contribution in [0.15, 0.2) is 72.8 Å². The van der Waals surface area contributed by atoms with E-state index in [0.717, 1.165) is 23.3 Å². The Balaban J connectivity index is 1.40. The van der Waals surface area contributed by atoms with Gasteiger partial charge in [0.25, 0.3) is 0 Å². The van der Waals surface area contributed by atoms with Crippen molar-refractivity contribution >= 4 is 17.8 Å². The number of nitrogens with zero attached hydrogens (tertiary/aromatic N) is 4. The van der Waals surface area contributed by atoms with Gasteiger partial charge in [0.15, 0.2) is 17.5 Å². The zero-order chi connectivity index (χ0) is 28.4. The average molecular weight is 552 g/mol. The largest absolute Gasteiger partial charge is 0.333 e. The van der Waals surface area contributed by atoms with Gasteiger partial charge in [-0.25, -0.2) is 18.0 Å². The van der Waals surface area contributed by atoms with Crippen molar-refractivity contribution in [1.82, 2.24) is 25.1 Å². The molecule has 0 bridgehead atoms. The Morgan fingerprint density at radius 3 is 2.15 bits per heavy atom. The minimum absolute atomic E-state index is 0.0210. The molecule has 11 heteroatoms. The number of rotatable bonds is 7. The Hall–Kier alpha value is -4.38. The van der Waals surface area contributed by atoms with Gasteiger partial charge >= 0.3 is 6.03 Å². The minimum atomic E-state index is -1.59. The summed E-state index contributed by atoms with van der Waals surface area (Å²) in [4.78, 5) is 42.9. The lowest BCUT2D eigenvalue weighted by Crippen LogP contribution is -2.65. The zero-order valence-electron chi connectivity index (χ0n) is 21.8. The highest BCUT2D eigenvalue weighted by Crippen LogP contribution is 2.30. The topological polar surface area (TPSA) is 76.2 Å². The molecule has 0 aliphatic carbocycles. The summed E-state index contributed by atoms with van der Waals surface area (Å²) in [5.74, 6) is -5.02. The van der Waals surface area contributed by atoms with Gasteiger partial charge in [0.2, 0.25) is 11.8 Å². The molecule has 1 N–H and O–H groups in total. The molecule has 4 amide bonds. The Labute approximate surface area is 229 Å². The second-order valence-corrected chi connectivity index (χ2v) is 9.84. The number of hydrogen-bond acceptors (Lipinski definition) is 4. The molecule has 0 radical (unpaired) electrons. The molecule has 0 unspecified atom stereocenters. The zero-order valence-corrected chi connectivity index (χ0v) is 21.8. The van der Waals surface area contributed by atoms with Gasteiger partial charge in [-0.15, -0.1) is 0 Å². The fourth-order valence-electron chi connectivity index (χ4n) is 5.21. The van der Waals surface area contributed by atoms with E-state index in [9.17, 15) is 27.6 Å². The van der Waals surface area contributed by atoms with E-state index >= 15 is 0 Å². The molecule has 0 spiro atoms. The first-order valence-electron chi connectivity index (χ1n) is 12.8. The lowest BCUT2D eigenvalue weighted by Gasteiger charge is -2.45. The van der Waals surface area contributed by atoms with E-state index in [2.05, 4.69) is 5.32 Å². The van der Waals surface area contributed by atoms with Crippen LogP contribution in [0, 0.1) is 17.5 Å². The number of fused-ring (bicyclic) bond motifs is 1. The first-order valence-corrected chi connectivity index (χ1v) is 12.8. The maximum absolute atomic E-state index is 13.9. The van der Waals surface area contributed by atoms with Crippen molar-refractivity contribution in [3.8, 4) is 0 Å². The van der Waals surface area contributed by atoms with Crippen LogP contribution in [0.25, 0.3) is 0 Å². The van der Waals surface area contributed by atoms with E-state index in [0.29, 0.717) is 0 Å². The number of piperazine rings is 1. The van der Waals surface area contributed by atoms with Crippen molar-refractivity contribution in [2.75, 3.05) is 20.1 Å². The number of urea groups is 1. The lowest BCUT2D eigenvalue weighted by molar-refractivity contribution is -0.157. The van der Waals surface area contributed by atoms with Crippen LogP contribution < -0.4 is 5.32 Å². The highest BCUT2D eigenvalue weighted by molar-refractivity contribution is 5.91. The Bertz CT molecular complexity index is 1390. The van der Waals surface area contributed by atoms with Crippen LogP contribution in [-0.4, -0.2) is 70.0 Å². The molecule has 3 aromatic rings. The minimum Gasteiger partial charge on any atom is -0.333 e. The van der Waals surface area contributed by atoms with Crippen molar-refractivity contribution < 1.29 is 27.6 Å². The molecule has 5 rings (SSSR count). The third-order valence-corrected chi connectivity index (χ3v) is 7.22. The molecule has 2 heterocycles. The normalized spacial score (nSPS) is 19.1. The first kappa shape index (κ1) is 27.2. The van der Waals surface area contributed by atoms with E-state index in [1.54, 1.807) is 5.01 Å². The van der Waals surface area contributed by atoms with Gasteiger partial charge in [-0.05, 0) is 28.8 Å². The predicted octanol–water partition coefficient (Wildman–Crippen LogP) is 3.28. The van der Waals surface area contributed by atoms with Crippen LogP contribution in [0.5, 0.6) is 0 Å². The molecule has 2 saturated heterocycles. The van der Waals surface area contributed by atoms with E-state index in [4.69, 9.17) is 0 Å². The molecule has 2 fully saturated rings. The number of carbonyl (C=O) groups is 3. The van der Waals surface area contributed by atoms with Crippen LogP contribution in [-0.2, 0) is 29.1 Å². The summed E-state index contributed by atoms with van der Waals surface area (Å²) in [5, 5.41) is 5.72. The molecular formula is C29H28F3N5O3. The predicted molar refractivity (Wildman–Crippen MR) is 139 cm³/mol. The highest BCUT2D eigenvalue weighted by atomic mass is 19.2. The Kier molecular flexibility index (Phi) is 7.74. The number of carbonyl (C=O) groups excluding carboxylic acids is 3. The summed E-state index contributed by atoms with van der Waals surface area (Å²) in [5.41, 5.74) is 1.79. The third-order valence-electron chi connectivity index (χ3n) is 7.22. The quantitative estimate of drug-likeness (QED) is 0.458.